The molecule has 1 fully saturated rings. The average molecular weight is 517 g/mol. The van der Waals surface area contributed by atoms with Crippen LogP contribution in [0.5, 0.6) is 0 Å². The molecule has 1 saturated heterocycles. The molecule has 6 N–H and O–H groups in total. The van der Waals surface area contributed by atoms with Crippen molar-refractivity contribution >= 4 is 30.2 Å². The molecule has 1 aromatic rings. The second kappa shape index (κ2) is 15.5. The SMILES string of the molecule is CC(C)C[C@H](NC(=O)C1CCCCN1C(=O)OCc1ccccc1)C(=O)N[C@H](C=O)CCCN=C(N)N. The number of amides is 3. The highest BCUT2D eigenvalue weighted by Crippen LogP contribution is 2.20. The van der Waals surface area contributed by atoms with E-state index in [2.05, 4.69) is 15.6 Å². The Morgan fingerprint density at radius 2 is 1.89 bits per heavy atom. The molecule has 37 heavy (non-hydrogen) atoms. The number of rotatable bonds is 13. The maximum Gasteiger partial charge on any atom is 0.410 e. The lowest BCUT2D eigenvalue weighted by atomic mass is 9.99. The number of nitrogens with zero attached hydrogens (tertiary/aromatic N) is 2. The molecule has 0 aliphatic carbocycles. The van der Waals surface area contributed by atoms with Crippen LogP contribution in [0.3, 0.4) is 0 Å². The molecule has 3 atom stereocenters. The Balaban J connectivity index is 2.00. The van der Waals surface area contributed by atoms with Crippen molar-refractivity contribution in [2.75, 3.05) is 13.1 Å². The first-order chi connectivity index (χ1) is 17.7. The van der Waals surface area contributed by atoms with E-state index in [1.165, 1.54) is 4.90 Å². The number of nitrogens with two attached hydrogens (primary N) is 2. The Hall–Kier alpha value is -3.63. The zero-order valence-corrected chi connectivity index (χ0v) is 21.7. The highest BCUT2D eigenvalue weighted by atomic mass is 16.6. The molecule has 3 amide bonds. The first-order valence-electron chi connectivity index (χ1n) is 12.8. The Bertz CT molecular complexity index is 919. The second-order valence-corrected chi connectivity index (χ2v) is 9.64. The quantitative estimate of drug-likeness (QED) is 0.133. The van der Waals surface area contributed by atoms with Crippen LogP contribution in [0.25, 0.3) is 0 Å². The molecule has 1 aromatic carbocycles. The summed E-state index contributed by atoms with van der Waals surface area (Å²) < 4.78 is 5.46. The summed E-state index contributed by atoms with van der Waals surface area (Å²) in [5, 5.41) is 5.52. The molecule has 1 heterocycles. The first-order valence-corrected chi connectivity index (χ1v) is 12.8. The van der Waals surface area contributed by atoms with Crippen LogP contribution < -0.4 is 22.1 Å². The number of carbonyl (C=O) groups is 4. The fraction of sp³-hybridized carbons (Fsp3) is 0.577. The molecule has 0 saturated carbocycles. The number of benzene rings is 1. The van der Waals surface area contributed by atoms with Gasteiger partial charge in [0.1, 0.15) is 25.0 Å². The summed E-state index contributed by atoms with van der Waals surface area (Å²) in [6.45, 7) is 4.72. The third kappa shape index (κ3) is 10.5. The maximum absolute atomic E-state index is 13.3. The van der Waals surface area contributed by atoms with Gasteiger partial charge in [-0.2, -0.15) is 0 Å². The van der Waals surface area contributed by atoms with Crippen molar-refractivity contribution in [3.63, 3.8) is 0 Å². The molecule has 1 unspecified atom stereocenters. The Morgan fingerprint density at radius 3 is 2.54 bits per heavy atom. The Kier molecular flexibility index (Phi) is 12.4. The molecular formula is C26H40N6O5. The van der Waals surface area contributed by atoms with Crippen LogP contribution in [0.1, 0.15) is 57.9 Å². The lowest BCUT2D eigenvalue weighted by Crippen LogP contribution is -2.57. The number of ether oxygens (including phenoxy) is 1. The average Bonchev–Trinajstić information content (AvgIpc) is 2.88. The second-order valence-electron chi connectivity index (χ2n) is 9.64. The molecule has 0 radical (unpaired) electrons. The monoisotopic (exact) mass is 516 g/mol. The van der Waals surface area contributed by atoms with E-state index in [9.17, 15) is 19.2 Å². The number of likely N-dealkylation sites (tertiary alicyclic amines) is 1. The van der Waals surface area contributed by atoms with E-state index < -0.39 is 36.0 Å². The van der Waals surface area contributed by atoms with Crippen molar-refractivity contribution in [3.05, 3.63) is 35.9 Å². The summed E-state index contributed by atoms with van der Waals surface area (Å²) in [6.07, 6.45) is 3.36. The van der Waals surface area contributed by atoms with E-state index in [1.54, 1.807) is 0 Å². The summed E-state index contributed by atoms with van der Waals surface area (Å²) in [6, 6.07) is 7.00. The number of aliphatic imine (C=N–C) groups is 1. The summed E-state index contributed by atoms with van der Waals surface area (Å²) in [5.41, 5.74) is 11.5. The van der Waals surface area contributed by atoms with Crippen LogP contribution in [-0.4, -0.2) is 66.3 Å². The number of carbonyl (C=O) groups excluding carboxylic acids is 4. The molecule has 0 bridgehead atoms. The van der Waals surface area contributed by atoms with Crippen molar-refractivity contribution < 1.29 is 23.9 Å². The van der Waals surface area contributed by atoms with Gasteiger partial charge in [0.2, 0.25) is 11.8 Å². The maximum atomic E-state index is 13.3. The van der Waals surface area contributed by atoms with Crippen molar-refractivity contribution in [3.8, 4) is 0 Å². The van der Waals surface area contributed by atoms with Crippen molar-refractivity contribution in [2.45, 2.75) is 77.1 Å². The van der Waals surface area contributed by atoms with Gasteiger partial charge in [-0.05, 0) is 50.0 Å². The van der Waals surface area contributed by atoms with Crippen LogP contribution in [0.4, 0.5) is 4.79 Å². The van der Waals surface area contributed by atoms with Crippen LogP contribution in [0.15, 0.2) is 35.3 Å². The summed E-state index contributed by atoms with van der Waals surface area (Å²) in [4.78, 5) is 55.9. The Labute approximate surface area is 218 Å². The normalized spacial score (nSPS) is 16.8. The van der Waals surface area contributed by atoms with E-state index in [0.717, 1.165) is 18.4 Å². The van der Waals surface area contributed by atoms with Gasteiger partial charge in [-0.15, -0.1) is 0 Å². The number of hydrogen-bond donors (Lipinski definition) is 4. The van der Waals surface area contributed by atoms with E-state index in [0.29, 0.717) is 45.1 Å². The highest BCUT2D eigenvalue weighted by Gasteiger charge is 2.35. The minimum Gasteiger partial charge on any atom is -0.445 e. The topological polar surface area (TPSA) is 169 Å². The Morgan fingerprint density at radius 1 is 1.16 bits per heavy atom. The fourth-order valence-corrected chi connectivity index (χ4v) is 4.17. The molecule has 11 heteroatoms. The predicted molar refractivity (Wildman–Crippen MR) is 140 cm³/mol. The van der Waals surface area contributed by atoms with Gasteiger partial charge < -0.3 is 31.6 Å². The lowest BCUT2D eigenvalue weighted by Gasteiger charge is -2.35. The van der Waals surface area contributed by atoms with Crippen LogP contribution in [0, 0.1) is 5.92 Å². The predicted octanol–water partition coefficient (Wildman–Crippen LogP) is 1.45. The largest absolute Gasteiger partial charge is 0.445 e. The van der Waals surface area contributed by atoms with Crippen LogP contribution in [-0.2, 0) is 25.7 Å². The van der Waals surface area contributed by atoms with Gasteiger partial charge in [0.25, 0.3) is 0 Å². The molecular weight excluding hydrogens is 476 g/mol. The van der Waals surface area contributed by atoms with Gasteiger partial charge in [-0.1, -0.05) is 44.2 Å². The number of guanidine groups is 1. The van der Waals surface area contributed by atoms with Gasteiger partial charge >= 0.3 is 6.09 Å². The van der Waals surface area contributed by atoms with Crippen molar-refractivity contribution in [2.24, 2.45) is 22.4 Å². The van der Waals surface area contributed by atoms with E-state index in [4.69, 9.17) is 16.2 Å². The fourth-order valence-electron chi connectivity index (χ4n) is 4.17. The molecule has 1 aliphatic rings. The zero-order chi connectivity index (χ0) is 27.2. The van der Waals surface area contributed by atoms with Gasteiger partial charge in [-0.25, -0.2) is 4.79 Å². The smallest absolute Gasteiger partial charge is 0.410 e. The van der Waals surface area contributed by atoms with Gasteiger partial charge in [-0.3, -0.25) is 19.5 Å². The molecule has 0 aromatic heterocycles. The molecule has 0 spiro atoms. The highest BCUT2D eigenvalue weighted by molar-refractivity contribution is 5.92. The number of piperidine rings is 1. The van der Waals surface area contributed by atoms with Gasteiger partial charge in [0.05, 0.1) is 6.04 Å². The molecule has 11 nitrogen and oxygen atoms in total. The van der Waals surface area contributed by atoms with Gasteiger partial charge in [0.15, 0.2) is 5.96 Å². The van der Waals surface area contributed by atoms with Crippen molar-refractivity contribution in [1.82, 2.24) is 15.5 Å². The summed E-state index contributed by atoms with van der Waals surface area (Å²) >= 11 is 0. The molecule has 1 aliphatic heterocycles. The van der Waals surface area contributed by atoms with Crippen LogP contribution >= 0.6 is 0 Å². The first kappa shape index (κ1) is 29.6. The minimum atomic E-state index is -0.850. The van der Waals surface area contributed by atoms with Gasteiger partial charge in [0, 0.05) is 13.1 Å². The number of aldehydes is 1. The molecule has 2 rings (SSSR count). The lowest BCUT2D eigenvalue weighted by molar-refractivity contribution is -0.133. The third-order valence-corrected chi connectivity index (χ3v) is 6.04. The molecule has 204 valence electrons. The van der Waals surface area contributed by atoms with Crippen molar-refractivity contribution in [1.29, 1.82) is 0 Å². The summed E-state index contributed by atoms with van der Waals surface area (Å²) in [5.74, 6) is -0.791. The minimum absolute atomic E-state index is 0.0351. The van der Waals surface area contributed by atoms with Crippen LogP contribution in [0.2, 0.25) is 0 Å². The number of hydrogen-bond acceptors (Lipinski definition) is 6. The zero-order valence-electron chi connectivity index (χ0n) is 21.7. The third-order valence-electron chi connectivity index (χ3n) is 6.04. The van der Waals surface area contributed by atoms with E-state index in [-0.39, 0.29) is 18.5 Å². The van der Waals surface area contributed by atoms with E-state index in [1.807, 2.05) is 44.2 Å². The number of nitrogens with one attached hydrogen (secondary N) is 2. The summed E-state index contributed by atoms with van der Waals surface area (Å²) in [7, 11) is 0. The van der Waals surface area contributed by atoms with E-state index >= 15 is 0 Å². The standard InChI is InChI=1S/C26H40N6O5/c1-18(2)15-21(23(34)30-20(16-33)11-8-13-29-25(27)28)31-24(35)22-12-6-7-14-32(22)26(36)37-17-19-9-4-3-5-10-19/h3-5,9-10,16,18,20-22H,6-8,11-15,17H2,1-2H3,(H,30,34)(H,31,35)(H4,27,28,29)/t20-,21-,22?/m0/s1.